The molecule has 2 aromatic carbocycles. The van der Waals surface area contributed by atoms with E-state index in [9.17, 15) is 9.59 Å². The van der Waals surface area contributed by atoms with Gasteiger partial charge >= 0.3 is 6.03 Å². The van der Waals surface area contributed by atoms with Gasteiger partial charge in [0.05, 0.1) is 5.52 Å². The molecule has 4 heterocycles. The minimum atomic E-state index is -0.193. The fourth-order valence-electron chi connectivity index (χ4n) is 5.41. The van der Waals surface area contributed by atoms with Crippen molar-refractivity contribution in [3.63, 3.8) is 0 Å². The van der Waals surface area contributed by atoms with E-state index in [1.54, 1.807) is 39.7 Å². The van der Waals surface area contributed by atoms with E-state index in [1.165, 1.54) is 11.1 Å². The van der Waals surface area contributed by atoms with E-state index in [-0.39, 0.29) is 11.6 Å². The number of hydrogen-bond donors (Lipinski definition) is 1. The number of amides is 1. The molecule has 0 saturated heterocycles. The second kappa shape index (κ2) is 11.6. The zero-order valence-corrected chi connectivity index (χ0v) is 23.5. The average molecular weight is 564 g/mol. The molecule has 206 valence electrons. The van der Waals surface area contributed by atoms with Crippen LogP contribution in [-0.4, -0.2) is 38.1 Å². The standard InChI is InChI=1S/C33H30ClN5O2/c1-23-7-9-24(10-8-23)5-4-16-37-18-14-30-28(22-37)27-20-26(38-17-3-2-6-32(38)40)11-12-29(27)39(30)33(41)36-21-25-13-15-35-31(34)19-25/h2-13,15,17,19-20H,14,16,18,21-22H2,1H3,(H,36,41)/b5-4+. The summed E-state index contributed by atoms with van der Waals surface area (Å²) in [5.74, 6) is 0. The predicted molar refractivity (Wildman–Crippen MR) is 164 cm³/mol. The molecule has 7 nitrogen and oxygen atoms in total. The van der Waals surface area contributed by atoms with Crippen LogP contribution in [0.3, 0.4) is 0 Å². The summed E-state index contributed by atoms with van der Waals surface area (Å²) in [7, 11) is 0. The Hall–Kier alpha value is -4.46. The van der Waals surface area contributed by atoms with Crippen LogP contribution < -0.4 is 10.9 Å². The zero-order valence-electron chi connectivity index (χ0n) is 22.8. The predicted octanol–water partition coefficient (Wildman–Crippen LogP) is 5.98. The number of rotatable bonds is 6. The summed E-state index contributed by atoms with van der Waals surface area (Å²) in [6, 6.07) is 22.8. The van der Waals surface area contributed by atoms with Crippen LogP contribution in [0.15, 0.2) is 96.1 Å². The van der Waals surface area contributed by atoms with Gasteiger partial charge in [-0.3, -0.25) is 18.8 Å². The third-order valence-electron chi connectivity index (χ3n) is 7.50. The van der Waals surface area contributed by atoms with Crippen molar-refractivity contribution >= 4 is 34.6 Å². The van der Waals surface area contributed by atoms with E-state index in [0.29, 0.717) is 18.2 Å². The first kappa shape index (κ1) is 26.7. The number of fused-ring (bicyclic) bond motifs is 3. The highest BCUT2D eigenvalue weighted by molar-refractivity contribution is 6.29. The van der Waals surface area contributed by atoms with Gasteiger partial charge in [-0.15, -0.1) is 0 Å². The van der Waals surface area contributed by atoms with Crippen LogP contribution in [0.2, 0.25) is 5.15 Å². The van der Waals surface area contributed by atoms with Gasteiger partial charge in [0.25, 0.3) is 5.56 Å². The Kier molecular flexibility index (Phi) is 7.55. The third kappa shape index (κ3) is 5.73. The molecule has 1 amide bonds. The smallest absolute Gasteiger partial charge is 0.326 e. The lowest BCUT2D eigenvalue weighted by Crippen LogP contribution is -2.34. The van der Waals surface area contributed by atoms with Crippen LogP contribution in [0.5, 0.6) is 0 Å². The van der Waals surface area contributed by atoms with Crippen molar-refractivity contribution in [1.29, 1.82) is 0 Å². The molecule has 3 aromatic heterocycles. The number of aromatic nitrogens is 3. The Morgan fingerprint density at radius 1 is 1.07 bits per heavy atom. The van der Waals surface area contributed by atoms with E-state index in [0.717, 1.165) is 52.9 Å². The lowest BCUT2D eigenvalue weighted by Gasteiger charge is -2.27. The number of hydrogen-bond acceptors (Lipinski definition) is 4. The quantitative estimate of drug-likeness (QED) is 0.258. The maximum absolute atomic E-state index is 13.6. The normalized spacial score (nSPS) is 13.5. The Morgan fingerprint density at radius 3 is 2.73 bits per heavy atom. The van der Waals surface area contributed by atoms with Crippen LogP contribution in [0, 0.1) is 6.92 Å². The van der Waals surface area contributed by atoms with E-state index in [4.69, 9.17) is 11.6 Å². The minimum Gasteiger partial charge on any atom is -0.333 e. The summed E-state index contributed by atoms with van der Waals surface area (Å²) in [5, 5.41) is 4.42. The van der Waals surface area contributed by atoms with Gasteiger partial charge in [0.2, 0.25) is 0 Å². The first-order chi connectivity index (χ1) is 20.0. The number of carbonyl (C=O) groups is 1. The maximum atomic E-state index is 13.6. The largest absolute Gasteiger partial charge is 0.333 e. The molecule has 0 unspecified atom stereocenters. The molecular formula is C33H30ClN5O2. The zero-order chi connectivity index (χ0) is 28.3. The van der Waals surface area contributed by atoms with E-state index < -0.39 is 0 Å². The molecule has 0 saturated carbocycles. The third-order valence-corrected chi connectivity index (χ3v) is 7.71. The lowest BCUT2D eigenvalue weighted by molar-refractivity contribution is 0.240. The summed E-state index contributed by atoms with van der Waals surface area (Å²) in [6.45, 7) is 4.76. The Labute approximate surface area is 243 Å². The SMILES string of the molecule is Cc1ccc(/C=C/CN2CCc3c(c4cc(-n5ccccc5=O)ccc4n3C(=O)NCc3ccnc(Cl)c3)C2)cc1. The summed E-state index contributed by atoms with van der Waals surface area (Å²) < 4.78 is 3.42. The number of pyridine rings is 2. The molecule has 0 aliphatic carbocycles. The Balaban J connectivity index is 1.33. The van der Waals surface area contributed by atoms with Crippen LogP contribution in [0.25, 0.3) is 22.7 Å². The molecule has 0 spiro atoms. The highest BCUT2D eigenvalue weighted by atomic mass is 35.5. The number of carbonyl (C=O) groups excluding carboxylic acids is 1. The Morgan fingerprint density at radius 2 is 1.93 bits per heavy atom. The second-order valence-corrected chi connectivity index (χ2v) is 10.7. The molecular weight excluding hydrogens is 534 g/mol. The summed E-state index contributed by atoms with van der Waals surface area (Å²) >= 11 is 6.04. The van der Waals surface area contributed by atoms with Gasteiger partial charge < -0.3 is 5.32 Å². The van der Waals surface area contributed by atoms with E-state index in [1.807, 2.05) is 30.3 Å². The topological polar surface area (TPSA) is 72.2 Å². The molecule has 1 aliphatic rings. The number of aryl methyl sites for hydroxylation is 1. The summed E-state index contributed by atoms with van der Waals surface area (Å²) in [6.07, 6.45) is 8.47. The van der Waals surface area contributed by atoms with Gasteiger partial charge in [-0.25, -0.2) is 9.78 Å². The highest BCUT2D eigenvalue weighted by Gasteiger charge is 2.26. The van der Waals surface area contributed by atoms with Crippen molar-refractivity contribution in [3.8, 4) is 5.69 Å². The average Bonchev–Trinajstić information content (AvgIpc) is 3.30. The van der Waals surface area contributed by atoms with Crippen molar-refractivity contribution in [2.75, 3.05) is 13.1 Å². The molecule has 6 rings (SSSR count). The monoisotopic (exact) mass is 563 g/mol. The number of nitrogens with one attached hydrogen (secondary N) is 1. The molecule has 0 radical (unpaired) electrons. The fourth-order valence-corrected chi connectivity index (χ4v) is 5.60. The molecule has 0 fully saturated rings. The van der Waals surface area contributed by atoms with Crippen molar-refractivity contribution in [2.45, 2.75) is 26.4 Å². The van der Waals surface area contributed by atoms with Crippen molar-refractivity contribution < 1.29 is 4.79 Å². The molecule has 1 aliphatic heterocycles. The van der Waals surface area contributed by atoms with Gasteiger partial charge in [-0.1, -0.05) is 59.6 Å². The molecule has 1 N–H and O–H groups in total. The summed E-state index contributed by atoms with van der Waals surface area (Å²) in [4.78, 5) is 32.6. The van der Waals surface area contributed by atoms with Gasteiger partial charge in [-0.2, -0.15) is 0 Å². The van der Waals surface area contributed by atoms with Gasteiger partial charge in [0.15, 0.2) is 0 Å². The van der Waals surface area contributed by atoms with E-state index >= 15 is 0 Å². The lowest BCUT2D eigenvalue weighted by atomic mass is 10.0. The number of halogens is 1. The fraction of sp³-hybridized carbons (Fsp3) is 0.182. The van der Waals surface area contributed by atoms with Gasteiger partial charge in [-0.05, 0) is 60.0 Å². The van der Waals surface area contributed by atoms with Crippen LogP contribution in [0.1, 0.15) is 27.9 Å². The summed E-state index contributed by atoms with van der Waals surface area (Å²) in [5.41, 5.74) is 6.90. The van der Waals surface area contributed by atoms with Crippen molar-refractivity contribution in [1.82, 2.24) is 24.3 Å². The van der Waals surface area contributed by atoms with Crippen LogP contribution in [0.4, 0.5) is 4.79 Å². The second-order valence-electron chi connectivity index (χ2n) is 10.3. The first-order valence-corrected chi connectivity index (χ1v) is 14.0. The Bertz CT molecular complexity index is 1820. The molecule has 5 aromatic rings. The maximum Gasteiger partial charge on any atom is 0.326 e. The number of benzene rings is 2. The van der Waals surface area contributed by atoms with E-state index in [2.05, 4.69) is 58.5 Å². The minimum absolute atomic E-state index is 0.100. The van der Waals surface area contributed by atoms with Crippen molar-refractivity contribution in [2.24, 2.45) is 0 Å². The number of nitrogens with zero attached hydrogens (tertiary/aromatic N) is 4. The van der Waals surface area contributed by atoms with Gasteiger partial charge in [0, 0.05) is 67.8 Å². The molecule has 41 heavy (non-hydrogen) atoms. The first-order valence-electron chi connectivity index (χ1n) is 13.6. The molecule has 8 heteroatoms. The van der Waals surface area contributed by atoms with Crippen LogP contribution in [-0.2, 0) is 19.5 Å². The van der Waals surface area contributed by atoms with Gasteiger partial charge in [0.1, 0.15) is 5.15 Å². The highest BCUT2D eigenvalue weighted by Crippen LogP contribution is 2.32. The molecule has 0 atom stereocenters. The van der Waals surface area contributed by atoms with Crippen molar-refractivity contribution in [3.05, 3.63) is 135 Å². The molecule has 0 bridgehead atoms. The van der Waals surface area contributed by atoms with Crippen LogP contribution >= 0.6 is 11.6 Å².